The third-order valence-corrected chi connectivity index (χ3v) is 3.42. The van der Waals surface area contributed by atoms with Gasteiger partial charge in [0, 0.05) is 12.2 Å². The Morgan fingerprint density at radius 3 is 2.75 bits per heavy atom. The summed E-state index contributed by atoms with van der Waals surface area (Å²) in [6, 6.07) is 9.45. The van der Waals surface area contributed by atoms with Gasteiger partial charge in [0.1, 0.15) is 6.20 Å². The highest BCUT2D eigenvalue weighted by molar-refractivity contribution is 7.99. The van der Waals surface area contributed by atoms with Crippen LogP contribution in [0, 0.1) is 0 Å². The molecule has 0 aliphatic carbocycles. The van der Waals surface area contributed by atoms with Crippen LogP contribution in [0.2, 0.25) is 0 Å². The summed E-state index contributed by atoms with van der Waals surface area (Å²) in [7, 11) is 0. The number of para-hydroxylation sites is 1. The van der Waals surface area contributed by atoms with Gasteiger partial charge in [-0.05, 0) is 19.1 Å². The maximum Gasteiger partial charge on any atom is 0.270 e. The van der Waals surface area contributed by atoms with Crippen molar-refractivity contribution in [3.63, 3.8) is 0 Å². The van der Waals surface area contributed by atoms with Crippen molar-refractivity contribution < 1.29 is 4.79 Å². The summed E-state index contributed by atoms with van der Waals surface area (Å²) in [6.07, 6.45) is 1.09. The molecule has 0 aliphatic rings. The molecule has 1 aromatic heterocycles. The van der Waals surface area contributed by atoms with Gasteiger partial charge in [0.25, 0.3) is 5.56 Å². The lowest BCUT2D eigenvalue weighted by molar-refractivity contribution is -0.116. The topological polar surface area (TPSA) is 79.0 Å². The standard InChI is InChI=1S/C13H14N4O2S/c1-2-17(10-6-4-3-5-7-10)12(19)9-20-13-15-11(18)8-14-16-13/h3-8H,2,9H2,1H3,(H,15,16,18). The van der Waals surface area contributed by atoms with E-state index in [2.05, 4.69) is 15.2 Å². The summed E-state index contributed by atoms with van der Waals surface area (Å²) in [6.45, 7) is 2.50. The van der Waals surface area contributed by atoms with Crippen molar-refractivity contribution in [1.82, 2.24) is 15.2 Å². The lowest BCUT2D eigenvalue weighted by atomic mass is 10.3. The number of hydrogen-bond donors (Lipinski definition) is 1. The van der Waals surface area contributed by atoms with E-state index in [1.807, 2.05) is 37.3 Å². The van der Waals surface area contributed by atoms with Gasteiger partial charge in [0.05, 0.1) is 5.75 Å². The van der Waals surface area contributed by atoms with E-state index in [0.717, 1.165) is 23.6 Å². The number of thioether (sulfide) groups is 1. The summed E-state index contributed by atoms with van der Waals surface area (Å²) in [5.41, 5.74) is 0.526. The Bertz CT molecular complexity index is 630. The highest BCUT2D eigenvalue weighted by atomic mass is 32.2. The first-order valence-corrected chi connectivity index (χ1v) is 7.09. The molecule has 0 unspecified atom stereocenters. The Balaban J connectivity index is 2.02. The van der Waals surface area contributed by atoms with Crippen molar-refractivity contribution in [2.75, 3.05) is 17.2 Å². The molecular weight excluding hydrogens is 276 g/mol. The molecule has 0 spiro atoms. The number of anilines is 1. The smallest absolute Gasteiger partial charge is 0.270 e. The van der Waals surface area contributed by atoms with Gasteiger partial charge in [0.2, 0.25) is 5.91 Å². The molecule has 1 N–H and O–H groups in total. The molecule has 2 aromatic rings. The molecule has 0 aliphatic heterocycles. The Kier molecular flexibility index (Phi) is 4.89. The molecule has 6 nitrogen and oxygen atoms in total. The molecule has 2 rings (SSSR count). The number of carbonyl (C=O) groups excluding carboxylic acids is 1. The Morgan fingerprint density at radius 1 is 1.35 bits per heavy atom. The zero-order valence-electron chi connectivity index (χ0n) is 10.9. The van der Waals surface area contributed by atoms with Crippen LogP contribution in [0.15, 0.2) is 46.5 Å². The fourth-order valence-electron chi connectivity index (χ4n) is 1.68. The van der Waals surface area contributed by atoms with Crippen molar-refractivity contribution in [2.45, 2.75) is 12.1 Å². The highest BCUT2D eigenvalue weighted by Gasteiger charge is 2.14. The quantitative estimate of drug-likeness (QED) is 0.840. The maximum atomic E-state index is 12.2. The lowest BCUT2D eigenvalue weighted by Gasteiger charge is -2.20. The summed E-state index contributed by atoms with van der Waals surface area (Å²) < 4.78 is 0. The first-order valence-electron chi connectivity index (χ1n) is 6.11. The number of nitrogens with zero attached hydrogens (tertiary/aromatic N) is 3. The van der Waals surface area contributed by atoms with Gasteiger partial charge in [-0.15, -0.1) is 5.10 Å². The number of H-pyrrole nitrogens is 1. The lowest BCUT2D eigenvalue weighted by Crippen LogP contribution is -2.32. The number of amides is 1. The van der Waals surface area contributed by atoms with Crippen LogP contribution in [0.3, 0.4) is 0 Å². The van der Waals surface area contributed by atoms with Crippen molar-refractivity contribution in [2.24, 2.45) is 0 Å². The average Bonchev–Trinajstić information content (AvgIpc) is 2.47. The van der Waals surface area contributed by atoms with Gasteiger partial charge in [-0.1, -0.05) is 30.0 Å². The van der Waals surface area contributed by atoms with E-state index in [9.17, 15) is 9.59 Å². The van der Waals surface area contributed by atoms with E-state index in [4.69, 9.17) is 0 Å². The number of aromatic amines is 1. The monoisotopic (exact) mass is 290 g/mol. The average molecular weight is 290 g/mol. The first kappa shape index (κ1) is 14.3. The van der Waals surface area contributed by atoms with E-state index in [0.29, 0.717) is 11.7 Å². The predicted octanol–water partition coefficient (Wildman–Crippen LogP) is 1.31. The molecule has 1 heterocycles. The molecular formula is C13H14N4O2S. The van der Waals surface area contributed by atoms with E-state index in [1.54, 1.807) is 4.90 Å². The number of benzene rings is 1. The van der Waals surface area contributed by atoms with Crippen molar-refractivity contribution in [1.29, 1.82) is 0 Å². The summed E-state index contributed by atoms with van der Waals surface area (Å²) in [5.74, 6) is 0.146. The third kappa shape index (κ3) is 3.67. The highest BCUT2D eigenvalue weighted by Crippen LogP contribution is 2.16. The largest absolute Gasteiger partial charge is 0.312 e. The second-order valence-electron chi connectivity index (χ2n) is 3.90. The van der Waals surface area contributed by atoms with Gasteiger partial charge in [-0.25, -0.2) is 0 Å². The maximum absolute atomic E-state index is 12.2. The van der Waals surface area contributed by atoms with Crippen LogP contribution in [0.1, 0.15) is 6.92 Å². The SMILES string of the molecule is CCN(C(=O)CSc1nncc(=O)[nH]1)c1ccccc1. The predicted molar refractivity (Wildman–Crippen MR) is 77.8 cm³/mol. The first-order chi connectivity index (χ1) is 9.70. The fraction of sp³-hybridized carbons (Fsp3) is 0.231. The summed E-state index contributed by atoms with van der Waals surface area (Å²) in [4.78, 5) is 27.5. The molecule has 0 bridgehead atoms. The molecule has 1 aromatic carbocycles. The molecule has 1 amide bonds. The molecule has 7 heteroatoms. The normalized spacial score (nSPS) is 10.2. The fourth-order valence-corrected chi connectivity index (χ4v) is 2.37. The minimum absolute atomic E-state index is 0.0461. The Hall–Kier alpha value is -2.15. The zero-order valence-corrected chi connectivity index (χ0v) is 11.8. The molecule has 0 saturated heterocycles. The Morgan fingerprint density at radius 2 is 2.10 bits per heavy atom. The van der Waals surface area contributed by atoms with Gasteiger partial charge in [-0.2, -0.15) is 5.10 Å². The van der Waals surface area contributed by atoms with E-state index in [-0.39, 0.29) is 17.2 Å². The number of rotatable bonds is 5. The van der Waals surface area contributed by atoms with Gasteiger partial charge >= 0.3 is 0 Å². The van der Waals surface area contributed by atoms with Crippen LogP contribution >= 0.6 is 11.8 Å². The zero-order chi connectivity index (χ0) is 14.4. The minimum Gasteiger partial charge on any atom is -0.312 e. The van der Waals surface area contributed by atoms with Crippen molar-refractivity contribution in [3.05, 3.63) is 46.9 Å². The van der Waals surface area contributed by atoms with E-state index < -0.39 is 0 Å². The minimum atomic E-state index is -0.328. The molecule has 0 radical (unpaired) electrons. The molecule has 104 valence electrons. The number of aromatic nitrogens is 3. The molecule has 0 fully saturated rings. The number of hydrogen-bond acceptors (Lipinski definition) is 5. The molecule has 0 atom stereocenters. The van der Waals surface area contributed by atoms with Crippen LogP contribution in [0.5, 0.6) is 0 Å². The Labute approximate surface area is 120 Å². The van der Waals surface area contributed by atoms with E-state index in [1.165, 1.54) is 0 Å². The second kappa shape index (κ2) is 6.85. The van der Waals surface area contributed by atoms with Crippen molar-refractivity contribution >= 4 is 23.4 Å². The van der Waals surface area contributed by atoms with E-state index >= 15 is 0 Å². The van der Waals surface area contributed by atoms with Crippen LogP contribution in [-0.4, -0.2) is 33.4 Å². The number of carbonyl (C=O) groups is 1. The van der Waals surface area contributed by atoms with Gasteiger partial charge < -0.3 is 4.90 Å². The molecule has 0 saturated carbocycles. The van der Waals surface area contributed by atoms with Crippen LogP contribution in [-0.2, 0) is 4.79 Å². The van der Waals surface area contributed by atoms with Crippen LogP contribution < -0.4 is 10.5 Å². The third-order valence-electron chi connectivity index (χ3n) is 2.57. The number of nitrogens with one attached hydrogen (secondary N) is 1. The van der Waals surface area contributed by atoms with Crippen LogP contribution in [0.25, 0.3) is 0 Å². The van der Waals surface area contributed by atoms with Crippen molar-refractivity contribution in [3.8, 4) is 0 Å². The molecule has 20 heavy (non-hydrogen) atoms. The second-order valence-corrected chi connectivity index (χ2v) is 4.87. The summed E-state index contributed by atoms with van der Waals surface area (Å²) >= 11 is 1.16. The van der Waals surface area contributed by atoms with Gasteiger partial charge in [0.15, 0.2) is 5.16 Å². The summed E-state index contributed by atoms with van der Waals surface area (Å²) in [5, 5.41) is 7.64. The van der Waals surface area contributed by atoms with Crippen LogP contribution in [0.4, 0.5) is 5.69 Å². The van der Waals surface area contributed by atoms with Gasteiger partial charge in [-0.3, -0.25) is 14.6 Å².